The second kappa shape index (κ2) is 11.1. The van der Waals surface area contributed by atoms with E-state index in [4.69, 9.17) is 13.9 Å². The summed E-state index contributed by atoms with van der Waals surface area (Å²) in [6.07, 6.45) is -0.335. The Bertz CT molecular complexity index is 817. The van der Waals surface area contributed by atoms with Crippen LogP contribution in [0.2, 0.25) is 18.1 Å². The molecular formula is C26H44N2O5Si. The highest BCUT2D eigenvalue weighted by molar-refractivity contribution is 6.74. The number of carbonyl (C=O) groups is 2. The van der Waals surface area contributed by atoms with Crippen molar-refractivity contribution in [3.63, 3.8) is 0 Å². The molecule has 1 heterocycles. The first-order valence-corrected chi connectivity index (χ1v) is 15.1. The van der Waals surface area contributed by atoms with Crippen LogP contribution < -0.4 is 0 Å². The van der Waals surface area contributed by atoms with E-state index in [9.17, 15) is 9.59 Å². The molecule has 2 amide bonds. The lowest BCUT2D eigenvalue weighted by molar-refractivity contribution is 0.000969. The van der Waals surface area contributed by atoms with Gasteiger partial charge in [0.2, 0.25) is 0 Å². The number of benzene rings is 1. The molecule has 8 heteroatoms. The van der Waals surface area contributed by atoms with Crippen LogP contribution in [0.5, 0.6) is 0 Å². The second-order valence-electron chi connectivity index (χ2n) is 11.6. The Morgan fingerprint density at radius 1 is 1.00 bits per heavy atom. The molecule has 0 aliphatic carbocycles. The van der Waals surface area contributed by atoms with Gasteiger partial charge in [-0.05, 0) is 57.8 Å². The Hall–Kier alpha value is -2.06. The first kappa shape index (κ1) is 28.2. The van der Waals surface area contributed by atoms with E-state index in [2.05, 4.69) is 33.9 Å². The van der Waals surface area contributed by atoms with Gasteiger partial charge in [-0.1, -0.05) is 51.1 Å². The average Bonchev–Trinajstić information content (AvgIpc) is 2.94. The molecule has 0 unspecified atom stereocenters. The molecule has 1 saturated heterocycles. The van der Waals surface area contributed by atoms with E-state index in [0.29, 0.717) is 26.1 Å². The summed E-state index contributed by atoms with van der Waals surface area (Å²) in [7, 11) is -2.05. The second-order valence-corrected chi connectivity index (χ2v) is 16.4. The number of amides is 2. The van der Waals surface area contributed by atoms with E-state index < -0.39 is 13.9 Å². The van der Waals surface area contributed by atoms with E-state index in [1.807, 2.05) is 58.0 Å². The minimum atomic E-state index is -2.05. The van der Waals surface area contributed by atoms with Crippen LogP contribution in [0.3, 0.4) is 0 Å². The van der Waals surface area contributed by atoms with Crippen molar-refractivity contribution in [2.45, 2.75) is 97.4 Å². The molecule has 0 N–H and O–H groups in total. The zero-order valence-electron chi connectivity index (χ0n) is 22.5. The minimum Gasteiger partial charge on any atom is -0.445 e. The fourth-order valence-corrected chi connectivity index (χ4v) is 5.14. The Kier molecular flexibility index (Phi) is 9.21. The number of ether oxygens (including phenoxy) is 2. The molecule has 0 radical (unpaired) electrons. The Morgan fingerprint density at radius 2 is 1.62 bits per heavy atom. The van der Waals surface area contributed by atoms with E-state index in [0.717, 1.165) is 5.56 Å². The summed E-state index contributed by atoms with van der Waals surface area (Å²) in [6.45, 7) is 20.1. The molecule has 7 nitrogen and oxygen atoms in total. The van der Waals surface area contributed by atoms with E-state index >= 15 is 0 Å². The first-order chi connectivity index (χ1) is 15.6. The molecule has 1 aliphatic heterocycles. The van der Waals surface area contributed by atoms with Gasteiger partial charge in [0.25, 0.3) is 0 Å². The molecule has 34 heavy (non-hydrogen) atoms. The molecule has 1 aliphatic rings. The summed E-state index contributed by atoms with van der Waals surface area (Å²) in [5.74, 6) is 0. The predicted molar refractivity (Wildman–Crippen MR) is 137 cm³/mol. The maximum Gasteiger partial charge on any atom is 0.410 e. The number of nitrogens with zero attached hydrogens (tertiary/aromatic N) is 2. The summed E-state index contributed by atoms with van der Waals surface area (Å²) in [4.78, 5) is 29.4. The Labute approximate surface area is 206 Å². The summed E-state index contributed by atoms with van der Waals surface area (Å²) in [5.41, 5.74) is 0.335. The number of hydrogen-bond donors (Lipinski definition) is 0. The monoisotopic (exact) mass is 492 g/mol. The van der Waals surface area contributed by atoms with Crippen molar-refractivity contribution < 1.29 is 23.5 Å². The normalized spacial score (nSPS) is 18.8. The van der Waals surface area contributed by atoms with Gasteiger partial charge in [-0.3, -0.25) is 0 Å². The highest BCUT2D eigenvalue weighted by atomic mass is 28.4. The van der Waals surface area contributed by atoms with Gasteiger partial charge in [0.05, 0.1) is 12.1 Å². The largest absolute Gasteiger partial charge is 0.445 e. The lowest BCUT2D eigenvalue weighted by Gasteiger charge is -2.42. The van der Waals surface area contributed by atoms with Crippen LogP contribution in [0.4, 0.5) is 9.59 Å². The SMILES string of the molecule is C[C@@H](O[Si](C)(C)C(C)(C)C)[C@H]1CCN(C(=O)OCc2ccccc2)CCN1C(=O)OC(C)(C)C. The summed E-state index contributed by atoms with van der Waals surface area (Å²) >= 11 is 0. The lowest BCUT2D eigenvalue weighted by Crippen LogP contribution is -2.53. The summed E-state index contributed by atoms with van der Waals surface area (Å²) in [6, 6.07) is 9.42. The zero-order valence-corrected chi connectivity index (χ0v) is 23.5. The van der Waals surface area contributed by atoms with Crippen molar-refractivity contribution in [1.29, 1.82) is 0 Å². The highest BCUT2D eigenvalue weighted by Crippen LogP contribution is 2.38. The van der Waals surface area contributed by atoms with Crippen molar-refractivity contribution in [1.82, 2.24) is 9.80 Å². The van der Waals surface area contributed by atoms with Crippen LogP contribution in [-0.4, -0.2) is 67.7 Å². The molecule has 0 saturated carbocycles. The summed E-state index contributed by atoms with van der Waals surface area (Å²) in [5, 5.41) is 0.0516. The van der Waals surface area contributed by atoms with Gasteiger partial charge in [-0.25, -0.2) is 9.59 Å². The Balaban J connectivity index is 2.16. The molecular weight excluding hydrogens is 448 g/mol. The van der Waals surface area contributed by atoms with Gasteiger partial charge >= 0.3 is 12.2 Å². The van der Waals surface area contributed by atoms with Gasteiger partial charge in [-0.2, -0.15) is 0 Å². The standard InChI is InChI=1S/C26H44N2O5Si/c1-20(33-34(8,9)26(5,6)7)22-15-16-27(17-18-28(22)24(30)32-25(2,3)4)23(29)31-19-21-13-11-10-12-14-21/h10-14,20,22H,15-19H2,1-9H3/t20-,22-/m1/s1. The van der Waals surface area contributed by atoms with E-state index in [-0.39, 0.29) is 36.0 Å². The Morgan fingerprint density at radius 3 is 2.18 bits per heavy atom. The minimum absolute atomic E-state index is 0.0516. The number of carbonyl (C=O) groups excluding carboxylic acids is 2. The van der Waals surface area contributed by atoms with Crippen molar-refractivity contribution >= 4 is 20.5 Å². The molecule has 0 spiro atoms. The van der Waals surface area contributed by atoms with Crippen LogP contribution in [0, 0.1) is 0 Å². The topological polar surface area (TPSA) is 68.3 Å². The molecule has 1 fully saturated rings. The third-order valence-electron chi connectivity index (χ3n) is 6.63. The molecule has 2 rings (SSSR count). The van der Waals surface area contributed by atoms with E-state index in [1.54, 1.807) is 9.80 Å². The van der Waals surface area contributed by atoms with Crippen molar-refractivity contribution in [3.8, 4) is 0 Å². The molecule has 192 valence electrons. The maximum atomic E-state index is 13.2. The van der Waals surface area contributed by atoms with Crippen LogP contribution >= 0.6 is 0 Å². The average molecular weight is 493 g/mol. The van der Waals surface area contributed by atoms with Crippen molar-refractivity contribution in [2.75, 3.05) is 19.6 Å². The zero-order chi connectivity index (χ0) is 25.7. The van der Waals surface area contributed by atoms with Crippen molar-refractivity contribution in [3.05, 3.63) is 35.9 Å². The van der Waals surface area contributed by atoms with Gasteiger partial charge in [0, 0.05) is 19.6 Å². The van der Waals surface area contributed by atoms with Gasteiger partial charge in [0.1, 0.15) is 12.2 Å². The van der Waals surface area contributed by atoms with Gasteiger partial charge < -0.3 is 23.7 Å². The fourth-order valence-electron chi connectivity index (χ4n) is 3.70. The smallest absolute Gasteiger partial charge is 0.410 e. The molecule has 2 atom stereocenters. The molecule has 0 bridgehead atoms. The molecule has 0 aromatic heterocycles. The molecule has 1 aromatic rings. The van der Waals surface area contributed by atoms with Crippen LogP contribution in [0.1, 0.15) is 60.5 Å². The number of hydrogen-bond acceptors (Lipinski definition) is 5. The van der Waals surface area contributed by atoms with Crippen molar-refractivity contribution in [2.24, 2.45) is 0 Å². The van der Waals surface area contributed by atoms with Crippen LogP contribution in [0.15, 0.2) is 30.3 Å². The van der Waals surface area contributed by atoms with Crippen LogP contribution in [-0.2, 0) is 20.5 Å². The van der Waals surface area contributed by atoms with Gasteiger partial charge in [-0.15, -0.1) is 0 Å². The van der Waals surface area contributed by atoms with Gasteiger partial charge in [0.15, 0.2) is 8.32 Å². The fraction of sp³-hybridized carbons (Fsp3) is 0.692. The quantitative estimate of drug-likeness (QED) is 0.468. The highest BCUT2D eigenvalue weighted by Gasteiger charge is 2.42. The maximum absolute atomic E-state index is 13.2. The third kappa shape index (κ3) is 8.01. The third-order valence-corrected chi connectivity index (χ3v) is 11.2. The summed E-state index contributed by atoms with van der Waals surface area (Å²) < 4.78 is 17.9. The lowest BCUT2D eigenvalue weighted by atomic mass is 10.1. The number of rotatable bonds is 5. The molecule has 1 aromatic carbocycles. The first-order valence-electron chi connectivity index (χ1n) is 12.2. The predicted octanol–water partition coefficient (Wildman–Crippen LogP) is 6.04. The van der Waals surface area contributed by atoms with Crippen LogP contribution in [0.25, 0.3) is 0 Å². The van der Waals surface area contributed by atoms with E-state index in [1.165, 1.54) is 0 Å².